The van der Waals surface area contributed by atoms with E-state index in [1.165, 1.54) is 41.6 Å². The van der Waals surface area contributed by atoms with Crippen LogP contribution in [-0.2, 0) is 0 Å². The Bertz CT molecular complexity index is 571. The summed E-state index contributed by atoms with van der Waals surface area (Å²) in [5, 5.41) is 0. The van der Waals surface area contributed by atoms with E-state index in [9.17, 15) is 0 Å². The molecule has 0 N–H and O–H groups in total. The Kier molecular flexibility index (Phi) is 2.49. The van der Waals surface area contributed by atoms with Gasteiger partial charge in [0.05, 0.1) is 0 Å². The molecule has 0 aromatic heterocycles. The second kappa shape index (κ2) is 4.21. The van der Waals surface area contributed by atoms with Crippen molar-refractivity contribution in [3.63, 3.8) is 0 Å². The molecule has 0 amide bonds. The van der Waals surface area contributed by atoms with Gasteiger partial charge in [-0.3, -0.25) is 0 Å². The van der Waals surface area contributed by atoms with Crippen molar-refractivity contribution in [2.24, 2.45) is 0 Å². The third kappa shape index (κ3) is 1.58. The van der Waals surface area contributed by atoms with Crippen LogP contribution in [0, 0.1) is 0 Å². The molecule has 2 aromatic carbocycles. The molecule has 1 saturated heterocycles. The Morgan fingerprint density at radius 3 is 2.00 bits per heavy atom. The second-order valence-electron chi connectivity index (χ2n) is 5.84. The Labute approximate surface area is 114 Å². The summed E-state index contributed by atoms with van der Waals surface area (Å²) in [5.74, 6) is 0.569. The van der Waals surface area contributed by atoms with Gasteiger partial charge in [0.15, 0.2) is 0 Å². The number of hydrogen-bond acceptors (Lipinski definition) is 1. The third-order valence-corrected chi connectivity index (χ3v) is 4.84. The summed E-state index contributed by atoms with van der Waals surface area (Å²) in [6, 6.07) is 18.6. The average Bonchev–Trinajstić information content (AvgIpc) is 3.00. The molecule has 1 fully saturated rings. The van der Waals surface area contributed by atoms with E-state index in [1.807, 2.05) is 0 Å². The first-order valence-electron chi connectivity index (χ1n) is 7.25. The molecule has 1 heterocycles. The SMILES string of the molecule is CN1CCCC1C1c2ccccc2-c2ccccc21. The molecule has 2 aromatic rings. The number of benzene rings is 2. The smallest absolute Gasteiger partial charge is 0.0257 e. The largest absolute Gasteiger partial charge is 0.302 e. The highest BCUT2D eigenvalue weighted by Gasteiger charge is 2.37. The minimum absolute atomic E-state index is 0.569. The van der Waals surface area contributed by atoms with Gasteiger partial charge in [0.25, 0.3) is 0 Å². The molecule has 1 aliphatic carbocycles. The molecule has 1 unspecified atom stereocenters. The molecule has 1 heteroatoms. The number of nitrogens with zero attached hydrogens (tertiary/aromatic N) is 1. The van der Waals surface area contributed by atoms with Crippen LogP contribution < -0.4 is 0 Å². The third-order valence-electron chi connectivity index (χ3n) is 4.84. The van der Waals surface area contributed by atoms with Crippen molar-refractivity contribution >= 4 is 0 Å². The molecule has 0 saturated carbocycles. The van der Waals surface area contributed by atoms with E-state index in [2.05, 4.69) is 60.5 Å². The molecule has 0 radical (unpaired) electrons. The van der Waals surface area contributed by atoms with Crippen molar-refractivity contribution in [2.45, 2.75) is 24.8 Å². The summed E-state index contributed by atoms with van der Waals surface area (Å²) in [6.07, 6.45) is 2.66. The first-order chi connectivity index (χ1) is 9.36. The van der Waals surface area contributed by atoms with Crippen molar-refractivity contribution < 1.29 is 0 Å². The van der Waals surface area contributed by atoms with Crippen LogP contribution in [0.3, 0.4) is 0 Å². The van der Waals surface area contributed by atoms with Crippen molar-refractivity contribution in [3.8, 4) is 11.1 Å². The van der Waals surface area contributed by atoms with E-state index in [0.717, 1.165) is 0 Å². The fourth-order valence-electron chi connectivity index (χ4n) is 3.97. The van der Waals surface area contributed by atoms with Gasteiger partial charge in [-0.1, -0.05) is 48.5 Å². The zero-order chi connectivity index (χ0) is 12.8. The predicted octanol–water partition coefficient (Wildman–Crippen LogP) is 3.89. The Morgan fingerprint density at radius 2 is 1.47 bits per heavy atom. The first kappa shape index (κ1) is 11.2. The van der Waals surface area contributed by atoms with Crippen LogP contribution in [0.25, 0.3) is 11.1 Å². The van der Waals surface area contributed by atoms with Crippen molar-refractivity contribution in [1.29, 1.82) is 0 Å². The van der Waals surface area contributed by atoms with Gasteiger partial charge in [-0.15, -0.1) is 0 Å². The van der Waals surface area contributed by atoms with E-state index in [4.69, 9.17) is 0 Å². The normalized spacial score (nSPS) is 22.5. The highest BCUT2D eigenvalue weighted by atomic mass is 15.1. The molecule has 4 rings (SSSR count). The lowest BCUT2D eigenvalue weighted by atomic mass is 9.88. The number of likely N-dealkylation sites (N-methyl/N-ethyl adjacent to an activating group) is 1. The van der Waals surface area contributed by atoms with Crippen LogP contribution in [-0.4, -0.2) is 24.5 Å². The van der Waals surface area contributed by atoms with Gasteiger partial charge in [0.1, 0.15) is 0 Å². The Balaban J connectivity index is 1.91. The quantitative estimate of drug-likeness (QED) is 0.741. The fourth-order valence-corrected chi connectivity index (χ4v) is 3.97. The number of likely N-dealkylation sites (tertiary alicyclic amines) is 1. The number of rotatable bonds is 1. The summed E-state index contributed by atoms with van der Waals surface area (Å²) in [4.78, 5) is 2.55. The second-order valence-corrected chi connectivity index (χ2v) is 5.84. The van der Waals surface area contributed by atoms with Gasteiger partial charge in [-0.05, 0) is 48.7 Å². The van der Waals surface area contributed by atoms with Crippen LogP contribution in [0.4, 0.5) is 0 Å². The Hall–Kier alpha value is -1.60. The van der Waals surface area contributed by atoms with Crippen LogP contribution >= 0.6 is 0 Å². The van der Waals surface area contributed by atoms with Crippen LogP contribution in [0.1, 0.15) is 29.9 Å². The zero-order valence-electron chi connectivity index (χ0n) is 11.3. The predicted molar refractivity (Wildman–Crippen MR) is 79.4 cm³/mol. The molecule has 1 aliphatic heterocycles. The molecule has 0 spiro atoms. The standard InChI is InChI=1S/C18H19N/c1-19-12-6-11-17(19)18-15-9-4-2-7-13(15)14-8-3-5-10-16(14)18/h2-5,7-10,17-18H,6,11-12H2,1H3. The molecule has 19 heavy (non-hydrogen) atoms. The summed E-state index contributed by atoms with van der Waals surface area (Å²) in [5.41, 5.74) is 5.96. The maximum Gasteiger partial charge on any atom is 0.0257 e. The van der Waals surface area contributed by atoms with Crippen molar-refractivity contribution in [2.75, 3.05) is 13.6 Å². The van der Waals surface area contributed by atoms with Gasteiger partial charge in [-0.2, -0.15) is 0 Å². The average molecular weight is 249 g/mol. The fraction of sp³-hybridized carbons (Fsp3) is 0.333. The Morgan fingerprint density at radius 1 is 0.895 bits per heavy atom. The topological polar surface area (TPSA) is 3.24 Å². The molecule has 1 nitrogen and oxygen atoms in total. The van der Waals surface area contributed by atoms with Gasteiger partial charge in [0.2, 0.25) is 0 Å². The van der Waals surface area contributed by atoms with E-state index in [-0.39, 0.29) is 0 Å². The molecule has 2 aliphatic rings. The van der Waals surface area contributed by atoms with E-state index < -0.39 is 0 Å². The molecule has 1 atom stereocenters. The zero-order valence-corrected chi connectivity index (χ0v) is 11.3. The van der Waals surface area contributed by atoms with Gasteiger partial charge in [0, 0.05) is 12.0 Å². The van der Waals surface area contributed by atoms with E-state index in [0.29, 0.717) is 12.0 Å². The lowest BCUT2D eigenvalue weighted by Crippen LogP contribution is -2.30. The highest BCUT2D eigenvalue weighted by molar-refractivity contribution is 5.79. The summed E-state index contributed by atoms with van der Waals surface area (Å²) in [6.45, 7) is 1.24. The molecular weight excluding hydrogens is 230 g/mol. The maximum absolute atomic E-state index is 2.55. The van der Waals surface area contributed by atoms with Gasteiger partial charge in [-0.25, -0.2) is 0 Å². The minimum atomic E-state index is 0.569. The summed E-state index contributed by atoms with van der Waals surface area (Å²) >= 11 is 0. The van der Waals surface area contributed by atoms with Crippen LogP contribution in [0.15, 0.2) is 48.5 Å². The monoisotopic (exact) mass is 249 g/mol. The van der Waals surface area contributed by atoms with Crippen molar-refractivity contribution in [3.05, 3.63) is 59.7 Å². The first-order valence-corrected chi connectivity index (χ1v) is 7.25. The van der Waals surface area contributed by atoms with E-state index in [1.54, 1.807) is 0 Å². The lowest BCUT2D eigenvalue weighted by molar-refractivity contribution is 0.289. The number of fused-ring (bicyclic) bond motifs is 3. The molecular formula is C18H19N. The molecule has 0 bridgehead atoms. The minimum Gasteiger partial charge on any atom is -0.302 e. The highest BCUT2D eigenvalue weighted by Crippen LogP contribution is 2.48. The number of hydrogen-bond donors (Lipinski definition) is 0. The van der Waals surface area contributed by atoms with E-state index >= 15 is 0 Å². The van der Waals surface area contributed by atoms with Crippen LogP contribution in [0.2, 0.25) is 0 Å². The van der Waals surface area contributed by atoms with Gasteiger partial charge >= 0.3 is 0 Å². The molecule has 96 valence electrons. The summed E-state index contributed by atoms with van der Waals surface area (Å²) < 4.78 is 0. The lowest BCUT2D eigenvalue weighted by Gasteiger charge is -2.27. The van der Waals surface area contributed by atoms with Gasteiger partial charge < -0.3 is 4.90 Å². The van der Waals surface area contributed by atoms with Crippen LogP contribution in [0.5, 0.6) is 0 Å². The van der Waals surface area contributed by atoms with Crippen molar-refractivity contribution in [1.82, 2.24) is 4.90 Å². The maximum atomic E-state index is 2.55. The summed E-state index contributed by atoms with van der Waals surface area (Å²) in [7, 11) is 2.28.